The molecule has 0 radical (unpaired) electrons. The molecule has 3 aliphatic rings. The largest absolute Gasteiger partial charge is 0.465 e. The number of hydrogen-bond acceptors (Lipinski definition) is 4. The minimum Gasteiger partial charge on any atom is -0.465 e. The van der Waals surface area contributed by atoms with Gasteiger partial charge in [-0.2, -0.15) is 0 Å². The maximum atomic E-state index is 12.6. The Hall–Kier alpha value is -2.31. The Bertz CT molecular complexity index is 650. The fraction of sp³-hybridized carbons (Fsp3) is 0.696. The van der Waals surface area contributed by atoms with E-state index in [1.807, 2.05) is 11.0 Å². The van der Waals surface area contributed by atoms with Gasteiger partial charge in [0.1, 0.15) is 5.82 Å². The van der Waals surface area contributed by atoms with E-state index in [9.17, 15) is 9.59 Å². The lowest BCUT2D eigenvalue weighted by molar-refractivity contribution is -0.136. The monoisotopic (exact) mass is 416 g/mol. The Kier molecular flexibility index (Phi) is 8.78. The average molecular weight is 417 g/mol. The molecule has 2 N–H and O–H groups in total. The zero-order valence-corrected chi connectivity index (χ0v) is 18.0. The van der Waals surface area contributed by atoms with Crippen LogP contribution in [0.1, 0.15) is 70.6 Å². The lowest BCUT2D eigenvalue weighted by Gasteiger charge is -2.37. The van der Waals surface area contributed by atoms with E-state index in [2.05, 4.69) is 15.2 Å². The number of nitrogens with zero attached hydrogens (tertiary/aromatic N) is 3. The van der Waals surface area contributed by atoms with E-state index in [4.69, 9.17) is 5.11 Å². The molecule has 0 bridgehead atoms. The summed E-state index contributed by atoms with van der Waals surface area (Å²) in [4.78, 5) is 31.6. The smallest absolute Gasteiger partial charge is 0.409 e. The maximum absolute atomic E-state index is 12.6. The molecule has 4 rings (SSSR count). The number of piperazine rings is 1. The highest BCUT2D eigenvalue weighted by atomic mass is 16.4. The first-order chi connectivity index (χ1) is 14.6. The minimum atomic E-state index is -1.10. The van der Waals surface area contributed by atoms with Crippen molar-refractivity contribution in [3.63, 3.8) is 0 Å². The molecule has 7 nitrogen and oxygen atoms in total. The first-order valence-electron chi connectivity index (χ1n) is 11.6. The fourth-order valence-electron chi connectivity index (χ4n) is 4.59. The number of pyridine rings is 1. The zero-order valence-electron chi connectivity index (χ0n) is 18.0. The third-order valence-corrected chi connectivity index (χ3v) is 6.37. The summed E-state index contributed by atoms with van der Waals surface area (Å²) in [7, 11) is 0. The van der Waals surface area contributed by atoms with Gasteiger partial charge in [-0.1, -0.05) is 57.8 Å². The Morgan fingerprint density at radius 2 is 1.43 bits per heavy atom. The van der Waals surface area contributed by atoms with Crippen molar-refractivity contribution < 1.29 is 14.7 Å². The molecular formula is C23H36N4O3. The molecule has 2 saturated carbocycles. The van der Waals surface area contributed by atoms with Gasteiger partial charge in [0.2, 0.25) is 5.91 Å². The van der Waals surface area contributed by atoms with Crippen LogP contribution in [0.3, 0.4) is 0 Å². The van der Waals surface area contributed by atoms with Gasteiger partial charge < -0.3 is 14.9 Å². The molecule has 0 aromatic carbocycles. The van der Waals surface area contributed by atoms with Crippen molar-refractivity contribution in [3.05, 3.63) is 18.3 Å². The van der Waals surface area contributed by atoms with E-state index in [0.29, 0.717) is 11.6 Å². The van der Waals surface area contributed by atoms with Crippen molar-refractivity contribution in [1.29, 1.82) is 0 Å². The van der Waals surface area contributed by atoms with Crippen molar-refractivity contribution in [2.75, 3.05) is 36.4 Å². The number of nitrogens with one attached hydrogen (secondary N) is 1. The van der Waals surface area contributed by atoms with E-state index < -0.39 is 6.09 Å². The van der Waals surface area contributed by atoms with Gasteiger partial charge in [-0.3, -0.25) is 10.1 Å². The van der Waals surface area contributed by atoms with Gasteiger partial charge in [-0.05, 0) is 25.0 Å². The Balaban J connectivity index is 0.000000367. The summed E-state index contributed by atoms with van der Waals surface area (Å²) in [5.41, 5.74) is 0.456. The molecule has 30 heavy (non-hydrogen) atoms. The van der Waals surface area contributed by atoms with E-state index in [1.165, 1.54) is 64.0 Å². The highest BCUT2D eigenvalue weighted by Gasteiger charge is 2.28. The molecule has 0 unspecified atom stereocenters. The average Bonchev–Trinajstić information content (AvgIpc) is 2.81. The van der Waals surface area contributed by atoms with Gasteiger partial charge in [0.15, 0.2) is 0 Å². The van der Waals surface area contributed by atoms with Crippen molar-refractivity contribution >= 4 is 23.5 Å². The van der Waals surface area contributed by atoms with Crippen LogP contribution < -0.4 is 10.2 Å². The molecule has 166 valence electrons. The predicted octanol–water partition coefficient (Wildman–Crippen LogP) is 4.74. The summed E-state index contributed by atoms with van der Waals surface area (Å²) in [6.45, 7) is 2.98. The molecule has 1 aromatic heterocycles. The number of rotatable bonds is 3. The number of carbonyl (C=O) groups excluding carboxylic acids is 1. The zero-order chi connectivity index (χ0) is 21.2. The van der Waals surface area contributed by atoms with E-state index in [-0.39, 0.29) is 5.92 Å². The van der Waals surface area contributed by atoms with Crippen LogP contribution >= 0.6 is 0 Å². The maximum Gasteiger partial charge on any atom is 0.409 e. The van der Waals surface area contributed by atoms with Gasteiger partial charge >= 0.3 is 6.09 Å². The Morgan fingerprint density at radius 3 is 1.93 bits per heavy atom. The molecule has 2 heterocycles. The summed E-state index contributed by atoms with van der Waals surface area (Å²) in [6, 6.07) is 3.51. The SMILES string of the molecule is C1CCCCC1.O=C(O)Nc1ccc(N2CCN(C(=O)C3CCCCC3)CC2)nc1. The number of carbonyl (C=O) groups is 2. The molecule has 0 spiro atoms. The third kappa shape index (κ3) is 6.89. The van der Waals surface area contributed by atoms with E-state index in [1.54, 1.807) is 6.07 Å². The number of aromatic nitrogens is 1. The predicted molar refractivity (Wildman–Crippen MR) is 119 cm³/mol. The second-order valence-corrected chi connectivity index (χ2v) is 8.60. The van der Waals surface area contributed by atoms with Crippen molar-refractivity contribution in [3.8, 4) is 0 Å². The molecule has 2 amide bonds. The molecule has 7 heteroatoms. The Labute approximate surface area is 179 Å². The number of anilines is 2. The van der Waals surface area contributed by atoms with Crippen LogP contribution in [0.25, 0.3) is 0 Å². The topological polar surface area (TPSA) is 85.8 Å². The lowest BCUT2D eigenvalue weighted by Crippen LogP contribution is -2.50. The minimum absolute atomic E-state index is 0.227. The highest BCUT2D eigenvalue weighted by Crippen LogP contribution is 2.26. The van der Waals surface area contributed by atoms with Gasteiger partial charge in [0.05, 0.1) is 11.9 Å². The molecule has 3 fully saturated rings. The molecule has 1 aliphatic heterocycles. The van der Waals surface area contributed by atoms with Gasteiger partial charge in [0, 0.05) is 32.1 Å². The third-order valence-electron chi connectivity index (χ3n) is 6.37. The molecular weight excluding hydrogens is 380 g/mol. The summed E-state index contributed by atoms with van der Waals surface area (Å²) in [5.74, 6) is 1.36. The van der Waals surface area contributed by atoms with E-state index >= 15 is 0 Å². The second kappa shape index (κ2) is 11.8. The Morgan fingerprint density at radius 1 is 0.867 bits per heavy atom. The molecule has 2 aliphatic carbocycles. The van der Waals surface area contributed by atoms with Crippen LogP contribution in [0.15, 0.2) is 18.3 Å². The summed E-state index contributed by atoms with van der Waals surface area (Å²) in [6.07, 6.45) is 15.1. The van der Waals surface area contributed by atoms with Gasteiger partial charge in [0.25, 0.3) is 0 Å². The normalized spacial score (nSPS) is 20.1. The van der Waals surface area contributed by atoms with Gasteiger partial charge in [-0.15, -0.1) is 0 Å². The van der Waals surface area contributed by atoms with E-state index in [0.717, 1.165) is 44.8 Å². The number of carboxylic acid groups (broad SMARTS) is 1. The standard InChI is InChI=1S/C17H24N4O3.C6H12/c22-16(13-4-2-1-3-5-13)21-10-8-20(9-11-21)15-7-6-14(12-18-15)19-17(23)24;1-2-4-6-5-3-1/h6-7,12-13,19H,1-5,8-11H2,(H,23,24);1-6H2. The fourth-order valence-corrected chi connectivity index (χ4v) is 4.59. The van der Waals surface area contributed by atoms with Crippen LogP contribution in [0, 0.1) is 5.92 Å². The van der Waals surface area contributed by atoms with Crippen molar-refractivity contribution in [2.24, 2.45) is 5.92 Å². The summed E-state index contributed by atoms with van der Waals surface area (Å²) >= 11 is 0. The van der Waals surface area contributed by atoms with Crippen LogP contribution in [-0.4, -0.2) is 53.2 Å². The molecule has 0 atom stereocenters. The van der Waals surface area contributed by atoms with Crippen LogP contribution in [0.5, 0.6) is 0 Å². The number of hydrogen-bond donors (Lipinski definition) is 2. The summed E-state index contributed by atoms with van der Waals surface area (Å²) in [5, 5.41) is 11.0. The second-order valence-electron chi connectivity index (χ2n) is 8.60. The highest BCUT2D eigenvalue weighted by molar-refractivity contribution is 5.82. The number of amides is 2. The molecule has 1 saturated heterocycles. The van der Waals surface area contributed by atoms with Crippen LogP contribution in [-0.2, 0) is 4.79 Å². The lowest BCUT2D eigenvalue weighted by atomic mass is 9.88. The van der Waals surface area contributed by atoms with Crippen molar-refractivity contribution in [2.45, 2.75) is 70.6 Å². The first-order valence-corrected chi connectivity index (χ1v) is 11.6. The van der Waals surface area contributed by atoms with Crippen molar-refractivity contribution in [1.82, 2.24) is 9.88 Å². The molecule has 1 aromatic rings. The van der Waals surface area contributed by atoms with Gasteiger partial charge in [-0.25, -0.2) is 9.78 Å². The van der Waals surface area contributed by atoms with Crippen LogP contribution in [0.4, 0.5) is 16.3 Å². The quantitative estimate of drug-likeness (QED) is 0.743. The summed E-state index contributed by atoms with van der Waals surface area (Å²) < 4.78 is 0. The van der Waals surface area contributed by atoms with Crippen LogP contribution in [0.2, 0.25) is 0 Å². The first kappa shape index (κ1) is 22.4.